The van der Waals surface area contributed by atoms with Gasteiger partial charge in [0.15, 0.2) is 11.6 Å². The van der Waals surface area contributed by atoms with Crippen LogP contribution in [0.2, 0.25) is 0 Å². The van der Waals surface area contributed by atoms with E-state index in [1.807, 2.05) is 35.8 Å². The van der Waals surface area contributed by atoms with Crippen LogP contribution in [-0.2, 0) is 17.7 Å². The van der Waals surface area contributed by atoms with E-state index in [9.17, 15) is 4.79 Å². The molecule has 0 atom stereocenters. The highest BCUT2D eigenvalue weighted by molar-refractivity contribution is 9.10. The highest BCUT2D eigenvalue weighted by Crippen LogP contribution is 2.30. The second kappa shape index (κ2) is 9.61. The molecule has 1 aromatic heterocycles. The predicted molar refractivity (Wildman–Crippen MR) is 124 cm³/mol. The van der Waals surface area contributed by atoms with Crippen LogP contribution >= 0.6 is 15.9 Å². The number of fused-ring (bicyclic) bond motifs is 1. The first-order chi connectivity index (χ1) is 15.0. The monoisotopic (exact) mass is 486 g/mol. The van der Waals surface area contributed by atoms with Crippen LogP contribution in [0.4, 0.5) is 4.39 Å². The lowest BCUT2D eigenvalue weighted by Gasteiger charge is -2.14. The van der Waals surface area contributed by atoms with E-state index in [1.165, 1.54) is 12.8 Å². The van der Waals surface area contributed by atoms with Gasteiger partial charge in [0.2, 0.25) is 0 Å². The first-order valence-electron chi connectivity index (χ1n) is 11.0. The number of aromatic nitrogens is 2. The Morgan fingerprint density at radius 1 is 1.32 bits per heavy atom. The van der Waals surface area contributed by atoms with E-state index in [2.05, 4.69) is 27.8 Å². The summed E-state index contributed by atoms with van der Waals surface area (Å²) >= 11 is 3.48. The minimum absolute atomic E-state index is 0.0170. The molecule has 1 heterocycles. The summed E-state index contributed by atoms with van der Waals surface area (Å²) in [5.41, 5.74) is 3.84. The lowest BCUT2D eigenvalue weighted by molar-refractivity contribution is 0.0738. The summed E-state index contributed by atoms with van der Waals surface area (Å²) < 4.78 is 24.3. The molecule has 2 aromatic carbocycles. The molecule has 6 heteroatoms. The number of ketones is 1. The average molecular weight is 487 g/mol. The SMILES string of the molecule is CCCCn1cnc2c(F)c(Cc3ccc(Br)cc3C)c(C(=O)COCC3CC3)cc21. The summed E-state index contributed by atoms with van der Waals surface area (Å²) in [6.07, 6.45) is 6.35. The standard InChI is InChI=1S/C25H28BrFN2O2/c1-3-4-9-29-15-28-25-22(29)12-20(23(30)14-31-13-17-5-6-17)21(24(25)27)11-18-7-8-19(26)10-16(18)2/h7-8,10,12,15,17H,3-6,9,11,13-14H2,1-2H3. The van der Waals surface area contributed by atoms with Gasteiger partial charge < -0.3 is 9.30 Å². The molecule has 0 bridgehead atoms. The molecule has 0 N–H and O–H groups in total. The van der Waals surface area contributed by atoms with E-state index >= 15 is 4.39 Å². The Morgan fingerprint density at radius 3 is 2.84 bits per heavy atom. The Hall–Kier alpha value is -2.05. The number of aryl methyl sites for hydroxylation is 2. The van der Waals surface area contributed by atoms with Crippen LogP contribution in [0.1, 0.15) is 59.7 Å². The van der Waals surface area contributed by atoms with Gasteiger partial charge in [-0.3, -0.25) is 4.79 Å². The average Bonchev–Trinajstić information content (AvgIpc) is 3.48. The molecule has 1 saturated carbocycles. The maximum absolute atomic E-state index is 15.7. The zero-order chi connectivity index (χ0) is 22.0. The summed E-state index contributed by atoms with van der Waals surface area (Å²) in [5, 5.41) is 0. The molecule has 0 radical (unpaired) electrons. The molecule has 0 saturated heterocycles. The van der Waals surface area contributed by atoms with Gasteiger partial charge in [-0.15, -0.1) is 0 Å². The Morgan fingerprint density at radius 2 is 2.13 bits per heavy atom. The van der Waals surface area contributed by atoms with Gasteiger partial charge in [0, 0.05) is 28.6 Å². The molecule has 1 fully saturated rings. The third-order valence-corrected chi connectivity index (χ3v) is 6.46. The lowest BCUT2D eigenvalue weighted by Crippen LogP contribution is -2.15. The van der Waals surface area contributed by atoms with Gasteiger partial charge in [0.05, 0.1) is 18.5 Å². The van der Waals surface area contributed by atoms with E-state index in [1.54, 1.807) is 6.33 Å². The number of ether oxygens (including phenoxy) is 1. The number of rotatable bonds is 10. The molecule has 0 spiro atoms. The highest BCUT2D eigenvalue weighted by atomic mass is 79.9. The molecule has 1 aliphatic carbocycles. The summed E-state index contributed by atoms with van der Waals surface area (Å²) in [6, 6.07) is 7.73. The molecule has 0 unspecified atom stereocenters. The molecule has 0 aliphatic heterocycles. The molecule has 0 amide bonds. The van der Waals surface area contributed by atoms with Crippen LogP contribution in [0.15, 0.2) is 35.1 Å². The Kier molecular flexibility index (Phi) is 6.87. The van der Waals surface area contributed by atoms with Crippen molar-refractivity contribution in [3.05, 3.63) is 63.1 Å². The Labute approximate surface area is 190 Å². The van der Waals surface area contributed by atoms with Crippen molar-refractivity contribution in [2.24, 2.45) is 5.92 Å². The van der Waals surface area contributed by atoms with Gasteiger partial charge >= 0.3 is 0 Å². The van der Waals surface area contributed by atoms with Crippen LogP contribution in [0.5, 0.6) is 0 Å². The Bertz CT molecular complexity index is 1100. The van der Waals surface area contributed by atoms with Crippen LogP contribution in [0, 0.1) is 18.7 Å². The smallest absolute Gasteiger partial charge is 0.188 e. The van der Waals surface area contributed by atoms with Crippen molar-refractivity contribution in [1.82, 2.24) is 9.55 Å². The normalized spacial score (nSPS) is 13.8. The van der Waals surface area contributed by atoms with E-state index in [-0.39, 0.29) is 12.4 Å². The fourth-order valence-corrected chi connectivity index (χ4v) is 4.33. The summed E-state index contributed by atoms with van der Waals surface area (Å²) in [5.74, 6) is 0.00226. The number of carbonyl (C=O) groups excluding carboxylic acids is 1. The van der Waals surface area contributed by atoms with Crippen LogP contribution in [0.25, 0.3) is 11.0 Å². The maximum atomic E-state index is 15.7. The topological polar surface area (TPSA) is 44.1 Å². The summed E-state index contributed by atoms with van der Waals surface area (Å²) in [7, 11) is 0. The fourth-order valence-electron chi connectivity index (χ4n) is 3.85. The molecule has 1 aliphatic rings. The van der Waals surface area contributed by atoms with E-state index < -0.39 is 5.82 Å². The van der Waals surface area contributed by atoms with Gasteiger partial charge in [-0.1, -0.05) is 35.3 Å². The second-order valence-electron chi connectivity index (χ2n) is 8.51. The molecule has 31 heavy (non-hydrogen) atoms. The predicted octanol–water partition coefficient (Wildman–Crippen LogP) is 6.25. The minimum Gasteiger partial charge on any atom is -0.373 e. The van der Waals surface area contributed by atoms with Crippen LogP contribution < -0.4 is 0 Å². The molecular formula is C25H28BrFN2O2. The number of hydrogen-bond acceptors (Lipinski definition) is 3. The first-order valence-corrected chi connectivity index (χ1v) is 11.8. The van der Waals surface area contributed by atoms with E-state index in [0.717, 1.165) is 35.0 Å². The number of hydrogen-bond donors (Lipinski definition) is 0. The molecule has 4 rings (SSSR count). The third kappa shape index (κ3) is 5.07. The number of carbonyl (C=O) groups is 1. The van der Waals surface area contributed by atoms with Gasteiger partial charge in [-0.05, 0) is 61.4 Å². The van der Waals surface area contributed by atoms with Gasteiger partial charge in [-0.2, -0.15) is 0 Å². The largest absolute Gasteiger partial charge is 0.373 e. The maximum Gasteiger partial charge on any atom is 0.188 e. The summed E-state index contributed by atoms with van der Waals surface area (Å²) in [6.45, 7) is 5.45. The van der Waals surface area contributed by atoms with E-state index in [4.69, 9.17) is 4.74 Å². The molecular weight excluding hydrogens is 459 g/mol. The fraction of sp³-hybridized carbons (Fsp3) is 0.440. The van der Waals surface area contributed by atoms with Gasteiger partial charge in [-0.25, -0.2) is 9.37 Å². The highest BCUT2D eigenvalue weighted by Gasteiger charge is 2.24. The molecule has 4 nitrogen and oxygen atoms in total. The molecule has 164 valence electrons. The van der Waals surface area contributed by atoms with Crippen molar-refractivity contribution in [2.45, 2.75) is 52.5 Å². The Balaban J connectivity index is 1.73. The number of nitrogens with zero attached hydrogens (tertiary/aromatic N) is 2. The number of imidazole rings is 1. The van der Waals surface area contributed by atoms with Gasteiger partial charge in [0.25, 0.3) is 0 Å². The lowest BCUT2D eigenvalue weighted by atomic mass is 9.94. The van der Waals surface area contributed by atoms with Crippen molar-refractivity contribution < 1.29 is 13.9 Å². The van der Waals surface area contributed by atoms with Crippen molar-refractivity contribution >= 4 is 32.7 Å². The second-order valence-corrected chi connectivity index (χ2v) is 9.42. The number of unbranched alkanes of at least 4 members (excludes halogenated alkanes) is 1. The van der Waals surface area contributed by atoms with Crippen molar-refractivity contribution in [3.63, 3.8) is 0 Å². The first kappa shape index (κ1) is 22.2. The van der Waals surface area contributed by atoms with Crippen molar-refractivity contribution in [2.75, 3.05) is 13.2 Å². The van der Waals surface area contributed by atoms with Crippen molar-refractivity contribution in [1.29, 1.82) is 0 Å². The number of Topliss-reactive ketones (excluding diaryl/α,β-unsaturated/α-hetero) is 1. The van der Waals surface area contributed by atoms with Crippen LogP contribution in [-0.4, -0.2) is 28.5 Å². The molecule has 3 aromatic rings. The minimum atomic E-state index is -0.402. The number of halogens is 2. The number of benzene rings is 2. The van der Waals surface area contributed by atoms with Crippen LogP contribution in [0.3, 0.4) is 0 Å². The quantitative estimate of drug-likeness (QED) is 0.318. The van der Waals surface area contributed by atoms with Gasteiger partial charge in [0.1, 0.15) is 12.1 Å². The van der Waals surface area contributed by atoms with Crippen molar-refractivity contribution in [3.8, 4) is 0 Å². The zero-order valence-corrected chi connectivity index (χ0v) is 19.7. The summed E-state index contributed by atoms with van der Waals surface area (Å²) in [4.78, 5) is 17.5. The third-order valence-electron chi connectivity index (χ3n) is 5.97. The van der Waals surface area contributed by atoms with E-state index in [0.29, 0.717) is 41.1 Å². The zero-order valence-electron chi connectivity index (χ0n) is 18.1.